The number of rotatable bonds is 8. The van der Waals surface area contributed by atoms with Gasteiger partial charge in [-0.1, -0.05) is 6.92 Å². The first-order valence-electron chi connectivity index (χ1n) is 15.7. The van der Waals surface area contributed by atoms with Gasteiger partial charge in [-0.05, 0) is 74.5 Å². The molecular weight excluding hydrogens is 556 g/mol. The van der Waals surface area contributed by atoms with Gasteiger partial charge in [-0.2, -0.15) is 10.2 Å². The molecule has 0 radical (unpaired) electrons. The quantitative estimate of drug-likeness (QED) is 0.397. The van der Waals surface area contributed by atoms with Crippen LogP contribution in [0.1, 0.15) is 98.2 Å². The van der Waals surface area contributed by atoms with Gasteiger partial charge in [0.25, 0.3) is 5.91 Å². The molecule has 0 spiro atoms. The number of hydrogen-bond acceptors (Lipinski definition) is 6. The number of halogens is 2. The number of nitrogens with one attached hydrogen (secondary N) is 2. The first kappa shape index (κ1) is 29.7. The Kier molecular flexibility index (Phi) is 8.48. The molecule has 10 nitrogen and oxygen atoms in total. The van der Waals surface area contributed by atoms with Crippen molar-refractivity contribution in [3.8, 4) is 0 Å². The molecule has 0 aromatic carbocycles. The van der Waals surface area contributed by atoms with Gasteiger partial charge in [0, 0.05) is 57.7 Å². The molecule has 2 amide bonds. The molecule has 3 aromatic rings. The summed E-state index contributed by atoms with van der Waals surface area (Å²) in [6, 6.07) is 3.15. The minimum absolute atomic E-state index is 0.0624. The van der Waals surface area contributed by atoms with E-state index in [0.717, 1.165) is 30.5 Å². The maximum absolute atomic E-state index is 14.1. The molecule has 1 saturated carbocycles. The third-order valence-electron chi connectivity index (χ3n) is 9.45. The summed E-state index contributed by atoms with van der Waals surface area (Å²) in [4.78, 5) is 31.1. The molecule has 3 aliphatic rings. The molecule has 12 heteroatoms. The smallest absolute Gasteiger partial charge is 0.270 e. The summed E-state index contributed by atoms with van der Waals surface area (Å²) in [6.45, 7) is 6.62. The van der Waals surface area contributed by atoms with Crippen molar-refractivity contribution in [3.63, 3.8) is 0 Å². The molecule has 2 aliphatic heterocycles. The summed E-state index contributed by atoms with van der Waals surface area (Å²) in [5, 5.41) is 15.4. The van der Waals surface area contributed by atoms with Crippen molar-refractivity contribution in [2.75, 3.05) is 19.8 Å². The Bertz CT molecular complexity index is 1450. The number of carbonyl (C=O) groups is 2. The summed E-state index contributed by atoms with van der Waals surface area (Å²) in [7, 11) is 0. The molecule has 3 aromatic heterocycles. The fourth-order valence-electron chi connectivity index (χ4n) is 6.99. The van der Waals surface area contributed by atoms with Crippen LogP contribution in [0.15, 0.2) is 24.5 Å². The second kappa shape index (κ2) is 12.3. The minimum Gasteiger partial charge on any atom is -0.381 e. The number of aryl methyl sites for hydroxylation is 1. The highest BCUT2D eigenvalue weighted by Gasteiger charge is 2.40. The lowest BCUT2D eigenvalue weighted by Gasteiger charge is -2.33. The van der Waals surface area contributed by atoms with Crippen molar-refractivity contribution in [1.82, 2.24) is 35.0 Å². The van der Waals surface area contributed by atoms with Gasteiger partial charge in [0.15, 0.2) is 5.65 Å². The van der Waals surface area contributed by atoms with Crippen LogP contribution in [0.4, 0.5) is 8.78 Å². The summed E-state index contributed by atoms with van der Waals surface area (Å²) < 4.78 is 37.2. The monoisotopic (exact) mass is 597 g/mol. The van der Waals surface area contributed by atoms with Crippen molar-refractivity contribution >= 4 is 17.5 Å². The van der Waals surface area contributed by atoms with E-state index in [2.05, 4.69) is 28.7 Å². The Morgan fingerprint density at radius 1 is 1.23 bits per heavy atom. The Morgan fingerprint density at radius 2 is 2.00 bits per heavy atom. The van der Waals surface area contributed by atoms with Gasteiger partial charge in [0.1, 0.15) is 5.69 Å². The van der Waals surface area contributed by atoms with E-state index in [1.54, 1.807) is 21.5 Å². The predicted molar refractivity (Wildman–Crippen MR) is 155 cm³/mol. The number of aromatic nitrogens is 5. The summed E-state index contributed by atoms with van der Waals surface area (Å²) in [6.07, 6.45) is 6.58. The fraction of sp³-hybridized carbons (Fsp3) is 0.645. The molecule has 43 heavy (non-hydrogen) atoms. The maximum atomic E-state index is 14.1. The maximum Gasteiger partial charge on any atom is 0.270 e. The highest BCUT2D eigenvalue weighted by atomic mass is 19.3. The minimum atomic E-state index is -2.69. The third-order valence-corrected chi connectivity index (χ3v) is 9.45. The van der Waals surface area contributed by atoms with Crippen molar-refractivity contribution in [1.29, 1.82) is 0 Å². The highest BCUT2D eigenvalue weighted by Crippen LogP contribution is 2.41. The third kappa shape index (κ3) is 6.44. The molecular formula is C31H41F2N7O3. The van der Waals surface area contributed by atoms with Crippen LogP contribution in [0, 0.1) is 17.8 Å². The number of alkyl halides is 2. The van der Waals surface area contributed by atoms with E-state index in [0.29, 0.717) is 55.7 Å². The van der Waals surface area contributed by atoms with Gasteiger partial charge in [-0.15, -0.1) is 0 Å². The van der Waals surface area contributed by atoms with Gasteiger partial charge in [0.05, 0.1) is 23.6 Å². The van der Waals surface area contributed by atoms with Crippen LogP contribution in [0.2, 0.25) is 0 Å². The molecule has 2 saturated heterocycles. The second-order valence-electron chi connectivity index (χ2n) is 12.6. The number of amides is 2. The molecule has 2 N–H and O–H groups in total. The lowest BCUT2D eigenvalue weighted by atomic mass is 9.81. The summed E-state index contributed by atoms with van der Waals surface area (Å²) in [5.41, 5.74) is 3.61. The number of ether oxygens (including phenoxy) is 1. The van der Waals surface area contributed by atoms with Crippen LogP contribution in [-0.4, -0.2) is 61.9 Å². The standard InChI is InChI=1S/C31H41F2N7O3/c1-3-39-26(6-11-35-39)30(42)37-28(21-4-9-31(32,33)10-5-21)25-18-40-27(36-25)16-23(20-7-12-43-13-8-20)24(38-40)15-22-14-19(2)17-34-29(22)41/h6,11,16,18-22,28H,3-5,7-10,12-15,17H2,1-2H3,(H,34,41)(H,37,42)/t19-,22?,28-/m0/s1. The SMILES string of the molecule is CCn1nccc1C(=O)N[C@H](c1cn2nc(CC3C[C@H](C)CNC3=O)c(C3CCOCC3)cc2n1)C1CCC(F)(F)CC1. The Balaban J connectivity index is 1.36. The summed E-state index contributed by atoms with van der Waals surface area (Å²) >= 11 is 0. The van der Waals surface area contributed by atoms with Gasteiger partial charge >= 0.3 is 0 Å². The topological polar surface area (TPSA) is 115 Å². The van der Waals surface area contributed by atoms with Crippen molar-refractivity contribution in [2.45, 2.75) is 89.6 Å². The van der Waals surface area contributed by atoms with Gasteiger partial charge in [-0.25, -0.2) is 18.3 Å². The normalized spacial score (nSPS) is 24.1. The van der Waals surface area contributed by atoms with Crippen LogP contribution < -0.4 is 10.6 Å². The van der Waals surface area contributed by atoms with E-state index in [1.807, 2.05) is 13.1 Å². The van der Waals surface area contributed by atoms with Gasteiger partial charge in [0.2, 0.25) is 11.8 Å². The number of piperidine rings is 1. The highest BCUT2D eigenvalue weighted by molar-refractivity contribution is 5.92. The molecule has 0 bridgehead atoms. The molecule has 232 valence electrons. The Labute approximate surface area is 250 Å². The van der Waals surface area contributed by atoms with E-state index >= 15 is 0 Å². The predicted octanol–water partition coefficient (Wildman–Crippen LogP) is 4.45. The van der Waals surface area contributed by atoms with E-state index in [1.165, 1.54) is 0 Å². The summed E-state index contributed by atoms with van der Waals surface area (Å²) in [5.74, 6) is -2.66. The number of nitrogens with zero attached hydrogens (tertiary/aromatic N) is 5. The number of fused-ring (bicyclic) bond motifs is 1. The van der Waals surface area contributed by atoms with Crippen molar-refractivity contribution in [3.05, 3.63) is 47.2 Å². The van der Waals surface area contributed by atoms with Gasteiger partial charge < -0.3 is 15.4 Å². The lowest BCUT2D eigenvalue weighted by molar-refractivity contribution is -0.127. The van der Waals surface area contributed by atoms with Gasteiger partial charge in [-0.3, -0.25) is 14.3 Å². The number of carbonyl (C=O) groups excluding carboxylic acids is 2. The molecule has 6 rings (SSSR count). The average molecular weight is 598 g/mol. The van der Waals surface area contributed by atoms with Crippen LogP contribution >= 0.6 is 0 Å². The second-order valence-corrected chi connectivity index (χ2v) is 12.6. The van der Waals surface area contributed by atoms with Crippen LogP contribution in [0.25, 0.3) is 5.65 Å². The van der Waals surface area contributed by atoms with Crippen LogP contribution in [0.3, 0.4) is 0 Å². The van der Waals surface area contributed by atoms with Crippen molar-refractivity contribution < 1.29 is 23.1 Å². The van der Waals surface area contributed by atoms with E-state index in [9.17, 15) is 18.4 Å². The first-order chi connectivity index (χ1) is 20.7. The van der Waals surface area contributed by atoms with Crippen LogP contribution in [0.5, 0.6) is 0 Å². The molecule has 5 heterocycles. The Hall–Kier alpha value is -3.41. The average Bonchev–Trinajstić information content (AvgIpc) is 3.65. The van der Waals surface area contributed by atoms with Crippen molar-refractivity contribution in [2.24, 2.45) is 17.8 Å². The number of imidazole rings is 1. The largest absolute Gasteiger partial charge is 0.381 e. The Morgan fingerprint density at radius 3 is 2.74 bits per heavy atom. The number of hydrogen-bond donors (Lipinski definition) is 2. The molecule has 3 atom stereocenters. The molecule has 1 aliphatic carbocycles. The zero-order valence-electron chi connectivity index (χ0n) is 24.9. The molecule has 1 unspecified atom stereocenters. The lowest BCUT2D eigenvalue weighted by Crippen LogP contribution is -2.41. The van der Waals surface area contributed by atoms with E-state index in [4.69, 9.17) is 14.8 Å². The molecule has 3 fully saturated rings. The fourth-order valence-corrected chi connectivity index (χ4v) is 6.99. The van der Waals surface area contributed by atoms with Crippen LogP contribution in [-0.2, 0) is 22.5 Å². The van der Waals surface area contributed by atoms with E-state index < -0.39 is 12.0 Å². The van der Waals surface area contributed by atoms with E-state index in [-0.39, 0.29) is 55.3 Å². The zero-order chi connectivity index (χ0) is 30.1. The first-order valence-corrected chi connectivity index (χ1v) is 15.7. The zero-order valence-corrected chi connectivity index (χ0v) is 24.9.